The van der Waals surface area contributed by atoms with E-state index in [0.29, 0.717) is 6.61 Å². The standard InChI is InChI=1S/C13H21NOS/c15-11-13(5-1-2-6-13)10-14-7-3-12-4-8-16-9-12/h4,8-9,14-15H,1-3,5-7,10-11H2. The summed E-state index contributed by atoms with van der Waals surface area (Å²) >= 11 is 1.76. The van der Waals surface area contributed by atoms with Gasteiger partial charge < -0.3 is 10.4 Å². The zero-order valence-corrected chi connectivity index (χ0v) is 10.6. The summed E-state index contributed by atoms with van der Waals surface area (Å²) in [5.41, 5.74) is 1.61. The van der Waals surface area contributed by atoms with Crippen molar-refractivity contribution in [3.05, 3.63) is 22.4 Å². The van der Waals surface area contributed by atoms with Crippen molar-refractivity contribution < 1.29 is 5.11 Å². The van der Waals surface area contributed by atoms with E-state index in [0.717, 1.165) is 19.5 Å². The van der Waals surface area contributed by atoms with Gasteiger partial charge in [-0.3, -0.25) is 0 Å². The van der Waals surface area contributed by atoms with Crippen molar-refractivity contribution in [2.75, 3.05) is 19.7 Å². The topological polar surface area (TPSA) is 32.3 Å². The number of thiophene rings is 1. The fraction of sp³-hybridized carbons (Fsp3) is 0.692. The van der Waals surface area contributed by atoms with Crippen LogP contribution in [0.3, 0.4) is 0 Å². The smallest absolute Gasteiger partial charge is 0.0499 e. The van der Waals surface area contributed by atoms with Crippen LogP contribution in [0.2, 0.25) is 0 Å². The average Bonchev–Trinajstić information content (AvgIpc) is 2.97. The van der Waals surface area contributed by atoms with E-state index >= 15 is 0 Å². The highest BCUT2D eigenvalue weighted by molar-refractivity contribution is 7.07. The third-order valence-electron chi connectivity index (χ3n) is 3.67. The molecule has 1 heterocycles. The first-order valence-corrected chi connectivity index (χ1v) is 7.12. The SMILES string of the molecule is OCC1(CNCCc2ccsc2)CCCC1. The molecule has 0 atom stereocenters. The van der Waals surface area contributed by atoms with Gasteiger partial charge in [0, 0.05) is 18.6 Å². The Bertz CT molecular complexity index is 291. The Morgan fingerprint density at radius 2 is 2.19 bits per heavy atom. The summed E-state index contributed by atoms with van der Waals surface area (Å²) in [7, 11) is 0. The van der Waals surface area contributed by atoms with Crippen molar-refractivity contribution in [2.45, 2.75) is 32.1 Å². The van der Waals surface area contributed by atoms with Crippen LogP contribution in [-0.4, -0.2) is 24.8 Å². The molecule has 90 valence electrons. The Balaban J connectivity index is 1.67. The van der Waals surface area contributed by atoms with Gasteiger partial charge in [0.2, 0.25) is 0 Å². The minimum atomic E-state index is 0.189. The number of nitrogens with one attached hydrogen (secondary N) is 1. The molecule has 1 aromatic rings. The van der Waals surface area contributed by atoms with Gasteiger partial charge in [0.1, 0.15) is 0 Å². The van der Waals surface area contributed by atoms with Gasteiger partial charge in [-0.1, -0.05) is 12.8 Å². The summed E-state index contributed by atoms with van der Waals surface area (Å²) in [6, 6.07) is 2.18. The molecule has 0 saturated heterocycles. The quantitative estimate of drug-likeness (QED) is 0.747. The predicted octanol–water partition coefficient (Wildman–Crippen LogP) is 2.43. The van der Waals surface area contributed by atoms with Crippen LogP contribution in [0.1, 0.15) is 31.2 Å². The summed E-state index contributed by atoms with van der Waals surface area (Å²) in [6.45, 7) is 2.35. The molecule has 1 fully saturated rings. The minimum absolute atomic E-state index is 0.189. The van der Waals surface area contributed by atoms with Crippen molar-refractivity contribution in [3.8, 4) is 0 Å². The van der Waals surface area contributed by atoms with E-state index in [1.54, 1.807) is 11.3 Å². The predicted molar refractivity (Wildman–Crippen MR) is 68.9 cm³/mol. The summed E-state index contributed by atoms with van der Waals surface area (Å²) < 4.78 is 0. The van der Waals surface area contributed by atoms with Crippen LogP contribution in [0.5, 0.6) is 0 Å². The molecule has 1 aliphatic rings. The molecule has 0 radical (unpaired) electrons. The Labute approximate surface area is 102 Å². The molecular formula is C13H21NOS. The van der Waals surface area contributed by atoms with Gasteiger partial charge in [0.05, 0.1) is 0 Å². The number of rotatable bonds is 6. The highest BCUT2D eigenvalue weighted by atomic mass is 32.1. The highest BCUT2D eigenvalue weighted by Crippen LogP contribution is 2.36. The largest absolute Gasteiger partial charge is 0.396 e. The van der Waals surface area contributed by atoms with Crippen molar-refractivity contribution in [1.82, 2.24) is 5.32 Å². The number of hydrogen-bond acceptors (Lipinski definition) is 3. The van der Waals surface area contributed by atoms with E-state index in [-0.39, 0.29) is 5.41 Å². The molecule has 3 heteroatoms. The molecule has 1 aliphatic carbocycles. The van der Waals surface area contributed by atoms with Gasteiger partial charge in [-0.05, 0) is 48.2 Å². The second-order valence-electron chi connectivity index (χ2n) is 4.92. The maximum absolute atomic E-state index is 9.46. The van der Waals surface area contributed by atoms with Crippen LogP contribution in [0.4, 0.5) is 0 Å². The van der Waals surface area contributed by atoms with Crippen LogP contribution in [0, 0.1) is 5.41 Å². The second-order valence-corrected chi connectivity index (χ2v) is 5.70. The van der Waals surface area contributed by atoms with Crippen molar-refractivity contribution in [3.63, 3.8) is 0 Å². The fourth-order valence-electron chi connectivity index (χ4n) is 2.54. The first kappa shape index (κ1) is 12.1. The maximum Gasteiger partial charge on any atom is 0.0499 e. The second kappa shape index (κ2) is 5.80. The Hall–Kier alpha value is -0.380. The fourth-order valence-corrected chi connectivity index (χ4v) is 3.24. The summed E-state index contributed by atoms with van der Waals surface area (Å²) in [5, 5.41) is 17.3. The van der Waals surface area contributed by atoms with Gasteiger partial charge >= 0.3 is 0 Å². The lowest BCUT2D eigenvalue weighted by molar-refractivity contribution is 0.128. The molecular weight excluding hydrogens is 218 g/mol. The molecule has 2 rings (SSSR count). The van der Waals surface area contributed by atoms with Gasteiger partial charge in [-0.15, -0.1) is 0 Å². The molecule has 0 bridgehead atoms. The Morgan fingerprint density at radius 3 is 2.81 bits per heavy atom. The van der Waals surface area contributed by atoms with Crippen molar-refractivity contribution in [2.24, 2.45) is 5.41 Å². The van der Waals surface area contributed by atoms with E-state index in [1.807, 2.05) is 0 Å². The van der Waals surface area contributed by atoms with Gasteiger partial charge in [0.25, 0.3) is 0 Å². The van der Waals surface area contributed by atoms with Gasteiger partial charge in [-0.25, -0.2) is 0 Å². The molecule has 16 heavy (non-hydrogen) atoms. The molecule has 0 spiro atoms. The lowest BCUT2D eigenvalue weighted by atomic mass is 9.87. The Morgan fingerprint density at radius 1 is 1.38 bits per heavy atom. The summed E-state index contributed by atoms with van der Waals surface area (Å²) in [5.74, 6) is 0. The highest BCUT2D eigenvalue weighted by Gasteiger charge is 2.32. The average molecular weight is 239 g/mol. The molecule has 0 aliphatic heterocycles. The van der Waals surface area contributed by atoms with E-state index in [9.17, 15) is 5.11 Å². The molecule has 1 saturated carbocycles. The Kier molecular flexibility index (Phi) is 4.38. The molecule has 0 unspecified atom stereocenters. The van der Waals surface area contributed by atoms with Gasteiger partial charge in [-0.2, -0.15) is 11.3 Å². The number of aliphatic hydroxyl groups is 1. The van der Waals surface area contributed by atoms with Crippen LogP contribution in [-0.2, 0) is 6.42 Å². The number of hydrogen-bond donors (Lipinski definition) is 2. The van der Waals surface area contributed by atoms with Crippen LogP contribution < -0.4 is 5.32 Å². The summed E-state index contributed by atoms with van der Waals surface area (Å²) in [4.78, 5) is 0. The van der Waals surface area contributed by atoms with Gasteiger partial charge in [0.15, 0.2) is 0 Å². The molecule has 2 nitrogen and oxygen atoms in total. The number of aliphatic hydroxyl groups excluding tert-OH is 1. The van der Waals surface area contributed by atoms with E-state index in [1.165, 1.54) is 31.2 Å². The van der Waals surface area contributed by atoms with E-state index in [2.05, 4.69) is 22.1 Å². The molecule has 0 amide bonds. The monoisotopic (exact) mass is 239 g/mol. The normalized spacial score (nSPS) is 19.1. The van der Waals surface area contributed by atoms with Crippen LogP contribution >= 0.6 is 11.3 Å². The first-order chi connectivity index (χ1) is 7.85. The van der Waals surface area contributed by atoms with E-state index in [4.69, 9.17) is 0 Å². The lowest BCUT2D eigenvalue weighted by Crippen LogP contribution is -2.36. The third kappa shape index (κ3) is 3.06. The summed E-state index contributed by atoms with van der Waals surface area (Å²) in [6.07, 6.45) is 6.05. The molecule has 0 aromatic carbocycles. The van der Waals surface area contributed by atoms with Crippen molar-refractivity contribution in [1.29, 1.82) is 0 Å². The molecule has 1 aromatic heterocycles. The van der Waals surface area contributed by atoms with Crippen LogP contribution in [0.25, 0.3) is 0 Å². The minimum Gasteiger partial charge on any atom is -0.396 e. The zero-order valence-electron chi connectivity index (χ0n) is 9.74. The molecule has 2 N–H and O–H groups in total. The lowest BCUT2D eigenvalue weighted by Gasteiger charge is -2.26. The third-order valence-corrected chi connectivity index (χ3v) is 4.40. The maximum atomic E-state index is 9.46. The zero-order chi connectivity index (χ0) is 11.3. The van der Waals surface area contributed by atoms with Crippen LogP contribution in [0.15, 0.2) is 16.8 Å². The first-order valence-electron chi connectivity index (χ1n) is 6.17. The van der Waals surface area contributed by atoms with E-state index < -0.39 is 0 Å². The van der Waals surface area contributed by atoms with Crippen molar-refractivity contribution >= 4 is 11.3 Å².